The van der Waals surface area contributed by atoms with E-state index in [9.17, 15) is 9.59 Å². The third kappa shape index (κ3) is 4.31. The average Bonchev–Trinajstić information content (AvgIpc) is 3.71. The van der Waals surface area contributed by atoms with Crippen molar-refractivity contribution in [3.05, 3.63) is 71.9 Å². The molecule has 12 heteroatoms. The molecule has 1 unspecified atom stereocenters. The van der Waals surface area contributed by atoms with Crippen LogP contribution in [0.15, 0.2) is 54.9 Å². The summed E-state index contributed by atoms with van der Waals surface area (Å²) in [5.74, 6) is 0.572. The Labute approximate surface area is 235 Å². The number of nitrogens with zero attached hydrogens (tertiary/aromatic N) is 8. The molecule has 3 atom stereocenters. The van der Waals surface area contributed by atoms with Crippen LogP contribution in [0.1, 0.15) is 60.4 Å². The molecule has 0 spiro atoms. The summed E-state index contributed by atoms with van der Waals surface area (Å²) in [6.45, 7) is 1.51. The number of H-pyrrole nitrogens is 1. The van der Waals surface area contributed by atoms with E-state index in [-0.39, 0.29) is 41.9 Å². The Kier molecular flexibility index (Phi) is 6.02. The highest BCUT2D eigenvalue weighted by molar-refractivity contribution is 6.00. The minimum atomic E-state index is -0.151. The van der Waals surface area contributed by atoms with Gasteiger partial charge in [0.05, 0.1) is 29.6 Å². The Balaban J connectivity index is 1.23. The monoisotopic (exact) mass is 548 g/mol. The molecule has 2 bridgehead atoms. The van der Waals surface area contributed by atoms with E-state index in [0.717, 1.165) is 35.2 Å². The van der Waals surface area contributed by atoms with Crippen LogP contribution >= 0.6 is 0 Å². The van der Waals surface area contributed by atoms with Crippen LogP contribution in [0.25, 0.3) is 28.0 Å². The molecule has 7 rings (SSSR count). The minimum absolute atomic E-state index is 0.00809. The minimum Gasteiger partial charge on any atom is -0.383 e. The number of nitrogens with two attached hydrogens (primary N) is 1. The fourth-order valence-electron chi connectivity index (χ4n) is 6.52. The molecule has 0 radical (unpaired) electrons. The molecule has 1 amide bonds. The lowest BCUT2D eigenvalue weighted by Gasteiger charge is -2.39. The van der Waals surface area contributed by atoms with Crippen LogP contribution in [-0.2, 0) is 11.2 Å². The van der Waals surface area contributed by atoms with E-state index in [2.05, 4.69) is 30.7 Å². The lowest BCUT2D eigenvalue weighted by Crippen LogP contribution is -2.47. The summed E-state index contributed by atoms with van der Waals surface area (Å²) < 4.78 is 1.54. The molecule has 6 heterocycles. The van der Waals surface area contributed by atoms with Crippen molar-refractivity contribution in [2.75, 3.05) is 5.73 Å². The highest BCUT2D eigenvalue weighted by Crippen LogP contribution is 2.44. The van der Waals surface area contributed by atoms with Gasteiger partial charge in [-0.3, -0.25) is 14.6 Å². The summed E-state index contributed by atoms with van der Waals surface area (Å²) in [6.07, 6.45) is 6.89. The van der Waals surface area contributed by atoms with E-state index in [4.69, 9.17) is 10.7 Å². The lowest BCUT2D eigenvalue weighted by atomic mass is 9.85. The van der Waals surface area contributed by atoms with Crippen molar-refractivity contribution in [3.8, 4) is 22.4 Å². The van der Waals surface area contributed by atoms with Gasteiger partial charge in [0, 0.05) is 40.9 Å². The first-order valence-corrected chi connectivity index (χ1v) is 13.7. The number of aromatic amines is 1. The zero-order valence-electron chi connectivity index (χ0n) is 22.4. The number of pyridine rings is 1. The van der Waals surface area contributed by atoms with Gasteiger partial charge in [-0.1, -0.05) is 36.4 Å². The van der Waals surface area contributed by atoms with E-state index in [1.807, 2.05) is 53.6 Å². The average molecular weight is 549 g/mol. The zero-order chi connectivity index (χ0) is 28.1. The van der Waals surface area contributed by atoms with Crippen LogP contribution in [0.3, 0.4) is 0 Å². The predicted molar refractivity (Wildman–Crippen MR) is 150 cm³/mol. The van der Waals surface area contributed by atoms with E-state index >= 15 is 0 Å². The van der Waals surface area contributed by atoms with Crippen molar-refractivity contribution in [1.82, 2.24) is 45.1 Å². The number of fused-ring (bicyclic) bond motifs is 3. The zero-order valence-corrected chi connectivity index (χ0v) is 22.4. The first-order valence-electron chi connectivity index (χ1n) is 13.7. The molecule has 12 nitrogen and oxygen atoms in total. The number of anilines is 1. The molecule has 41 heavy (non-hydrogen) atoms. The number of amides is 1. The van der Waals surface area contributed by atoms with Crippen molar-refractivity contribution in [3.63, 3.8) is 0 Å². The van der Waals surface area contributed by atoms with E-state index in [0.29, 0.717) is 35.6 Å². The third-order valence-electron chi connectivity index (χ3n) is 8.32. The molecule has 5 aromatic rings. The van der Waals surface area contributed by atoms with Crippen molar-refractivity contribution >= 4 is 23.2 Å². The van der Waals surface area contributed by atoms with Gasteiger partial charge in [0.25, 0.3) is 0 Å². The highest BCUT2D eigenvalue weighted by Gasteiger charge is 2.45. The van der Waals surface area contributed by atoms with E-state index in [1.165, 1.54) is 6.92 Å². The second-order valence-corrected chi connectivity index (χ2v) is 10.8. The number of carbonyl (C=O) groups is 2. The summed E-state index contributed by atoms with van der Waals surface area (Å²) in [5.41, 5.74) is 11.8. The largest absolute Gasteiger partial charge is 0.383 e. The number of piperidine rings is 1. The molecule has 2 fully saturated rings. The Morgan fingerprint density at radius 1 is 1.02 bits per heavy atom. The summed E-state index contributed by atoms with van der Waals surface area (Å²) in [6, 6.07) is 14.1. The van der Waals surface area contributed by atoms with Gasteiger partial charge in [-0.25, -0.2) is 10.1 Å². The van der Waals surface area contributed by atoms with Gasteiger partial charge in [0.15, 0.2) is 17.3 Å². The first kappa shape index (κ1) is 25.0. The van der Waals surface area contributed by atoms with Gasteiger partial charge in [0.2, 0.25) is 5.91 Å². The number of nitrogen functional groups attached to an aromatic ring is 1. The molecule has 0 saturated carbocycles. The number of aromatic nitrogens is 8. The normalized spacial score (nSPS) is 20.0. The maximum atomic E-state index is 13.2. The summed E-state index contributed by atoms with van der Waals surface area (Å²) in [5, 5.41) is 18.2. The van der Waals surface area contributed by atoms with Gasteiger partial charge in [-0.15, -0.1) is 5.10 Å². The second-order valence-electron chi connectivity index (χ2n) is 10.8. The summed E-state index contributed by atoms with van der Waals surface area (Å²) >= 11 is 0. The Morgan fingerprint density at radius 2 is 1.80 bits per heavy atom. The van der Waals surface area contributed by atoms with Crippen LogP contribution < -0.4 is 5.73 Å². The summed E-state index contributed by atoms with van der Waals surface area (Å²) in [4.78, 5) is 37.8. The Hall–Kier alpha value is -5.00. The van der Waals surface area contributed by atoms with Gasteiger partial charge >= 0.3 is 0 Å². The van der Waals surface area contributed by atoms with Crippen LogP contribution in [-0.4, -0.2) is 68.9 Å². The predicted octanol–water partition coefficient (Wildman–Crippen LogP) is 3.24. The fraction of sp³-hybridized carbons (Fsp3) is 0.310. The van der Waals surface area contributed by atoms with Crippen molar-refractivity contribution in [1.29, 1.82) is 0 Å². The van der Waals surface area contributed by atoms with Crippen LogP contribution in [0.5, 0.6) is 0 Å². The standard InChI is InChI=1S/C29H28N10O2/c1-16(40)26-27(19-11-20-8-9-21(12-19)38(20)25(41)13-24-34-36-37-35-24)33-29-22(15-32-39(29)28(26)30)18-7-10-23(31-14-18)17-5-3-2-4-6-17/h2-7,10,14-15,19-21H,8-9,11-13,30H2,1H3,(H,34,35,36,37)/t19-,20-,21?/m0/s1. The number of Topliss-reactive ketones (excluding diaryl/α,β-unsaturated/α-hetero) is 1. The maximum absolute atomic E-state index is 13.2. The van der Waals surface area contributed by atoms with Crippen LogP contribution in [0.4, 0.5) is 5.82 Å². The number of hydrogen-bond donors (Lipinski definition) is 2. The molecular formula is C29H28N10O2. The molecule has 0 aliphatic carbocycles. The Morgan fingerprint density at radius 3 is 2.46 bits per heavy atom. The molecule has 2 aliphatic rings. The second kappa shape index (κ2) is 9.88. The maximum Gasteiger partial charge on any atom is 0.230 e. The van der Waals surface area contributed by atoms with Gasteiger partial charge in [-0.2, -0.15) is 9.61 Å². The quantitative estimate of drug-likeness (QED) is 0.304. The number of ketones is 1. The van der Waals surface area contributed by atoms with Crippen molar-refractivity contribution in [2.24, 2.45) is 0 Å². The van der Waals surface area contributed by atoms with E-state index in [1.54, 1.807) is 10.7 Å². The number of rotatable bonds is 6. The first-order chi connectivity index (χ1) is 20.0. The Bertz CT molecular complexity index is 1730. The molecule has 206 valence electrons. The van der Waals surface area contributed by atoms with Crippen LogP contribution in [0.2, 0.25) is 0 Å². The number of benzene rings is 1. The van der Waals surface area contributed by atoms with Crippen molar-refractivity contribution < 1.29 is 9.59 Å². The SMILES string of the molecule is CC(=O)c1c([C@@H]2CC3CC[C@@H](C2)N3C(=O)Cc2nnn[nH]2)nc2c(-c3ccc(-c4ccccc4)nc3)cnn2c1N. The lowest BCUT2D eigenvalue weighted by molar-refractivity contribution is -0.135. The number of hydrogen-bond acceptors (Lipinski definition) is 9. The summed E-state index contributed by atoms with van der Waals surface area (Å²) in [7, 11) is 0. The van der Waals surface area contributed by atoms with Gasteiger partial charge in [0.1, 0.15) is 5.82 Å². The molecule has 1 aromatic carbocycles. The van der Waals surface area contributed by atoms with E-state index < -0.39 is 0 Å². The molecule has 2 saturated heterocycles. The highest BCUT2D eigenvalue weighted by atomic mass is 16.2. The number of tetrazole rings is 1. The third-order valence-corrected chi connectivity index (χ3v) is 8.32. The molecule has 3 N–H and O–H groups in total. The van der Waals surface area contributed by atoms with Crippen LogP contribution in [0, 0.1) is 0 Å². The smallest absolute Gasteiger partial charge is 0.230 e. The number of carbonyl (C=O) groups excluding carboxylic acids is 2. The topological polar surface area (TPSA) is 161 Å². The molecule has 4 aromatic heterocycles. The van der Waals surface area contributed by atoms with Crippen molar-refractivity contribution in [2.45, 2.75) is 57.0 Å². The number of nitrogens with one attached hydrogen (secondary N) is 1. The van der Waals surface area contributed by atoms with Gasteiger partial charge < -0.3 is 10.6 Å². The van der Waals surface area contributed by atoms with Gasteiger partial charge in [-0.05, 0) is 49.1 Å². The molecule has 2 aliphatic heterocycles. The fourth-order valence-corrected chi connectivity index (χ4v) is 6.52. The molecular weight excluding hydrogens is 520 g/mol.